The van der Waals surface area contributed by atoms with Crippen LogP contribution in [-0.2, 0) is 11.2 Å². The number of hydrogen-bond donors (Lipinski definition) is 2. The van der Waals surface area contributed by atoms with E-state index in [1.807, 2.05) is 7.05 Å². The zero-order chi connectivity index (χ0) is 18.3. The van der Waals surface area contributed by atoms with Gasteiger partial charge in [0.2, 0.25) is 11.8 Å². The van der Waals surface area contributed by atoms with Crippen molar-refractivity contribution in [3.05, 3.63) is 16.8 Å². The molecule has 6 nitrogen and oxygen atoms in total. The molecular weight excluding hydrogens is 348 g/mol. The molecule has 1 atom stereocenters. The minimum absolute atomic E-state index is 0.170. The lowest BCUT2D eigenvalue weighted by Crippen LogP contribution is -2.45. The van der Waals surface area contributed by atoms with E-state index in [0.29, 0.717) is 12.3 Å². The van der Waals surface area contributed by atoms with Crippen molar-refractivity contribution in [3.63, 3.8) is 0 Å². The fraction of sp³-hybridized carbons (Fsp3) is 0.632. The zero-order valence-corrected chi connectivity index (χ0v) is 16.2. The van der Waals surface area contributed by atoms with E-state index in [1.165, 1.54) is 10.4 Å². The first-order valence-corrected chi connectivity index (χ1v) is 10.2. The summed E-state index contributed by atoms with van der Waals surface area (Å²) < 4.78 is 6.35. The highest BCUT2D eigenvalue weighted by atomic mass is 32.1. The highest BCUT2D eigenvalue weighted by Crippen LogP contribution is 2.47. The van der Waals surface area contributed by atoms with E-state index in [4.69, 9.17) is 10.5 Å². The fourth-order valence-electron chi connectivity index (χ4n) is 4.33. The number of nitrogens with one attached hydrogen (secondary N) is 1. The molecule has 0 radical (unpaired) electrons. The van der Waals surface area contributed by atoms with Gasteiger partial charge in [0.1, 0.15) is 17.3 Å². The van der Waals surface area contributed by atoms with Gasteiger partial charge in [-0.3, -0.25) is 4.79 Å². The average Bonchev–Trinajstić information content (AvgIpc) is 3.17. The summed E-state index contributed by atoms with van der Waals surface area (Å²) in [4.78, 5) is 22.7. The summed E-state index contributed by atoms with van der Waals surface area (Å²) in [7, 11) is 2.03. The van der Waals surface area contributed by atoms with E-state index in [-0.39, 0.29) is 23.5 Å². The number of aromatic nitrogens is 2. The van der Waals surface area contributed by atoms with Gasteiger partial charge in [-0.1, -0.05) is 0 Å². The lowest BCUT2D eigenvalue weighted by atomic mass is 9.82. The summed E-state index contributed by atoms with van der Waals surface area (Å²) in [6, 6.07) is 0. The molecule has 2 aliphatic rings. The van der Waals surface area contributed by atoms with Gasteiger partial charge >= 0.3 is 0 Å². The van der Waals surface area contributed by atoms with E-state index < -0.39 is 0 Å². The molecule has 2 aromatic heterocycles. The predicted octanol–water partition coefficient (Wildman–Crippen LogP) is 2.90. The predicted molar refractivity (Wildman–Crippen MR) is 103 cm³/mol. The first-order valence-electron chi connectivity index (χ1n) is 9.39. The molecule has 3 N–H and O–H groups in total. The van der Waals surface area contributed by atoms with Gasteiger partial charge in [-0.05, 0) is 64.0 Å². The van der Waals surface area contributed by atoms with Crippen LogP contribution in [0.1, 0.15) is 61.8 Å². The number of carbonyl (C=O) groups is 1. The van der Waals surface area contributed by atoms with E-state index in [9.17, 15) is 4.79 Å². The van der Waals surface area contributed by atoms with Gasteiger partial charge in [-0.25, -0.2) is 9.97 Å². The smallest absolute Gasteiger partial charge is 0.225 e. The summed E-state index contributed by atoms with van der Waals surface area (Å²) in [5.41, 5.74) is 6.87. The second kappa shape index (κ2) is 6.78. The summed E-state index contributed by atoms with van der Waals surface area (Å²) in [5.74, 6) is 0.602. The van der Waals surface area contributed by atoms with Crippen LogP contribution in [0.15, 0.2) is 6.33 Å². The third-order valence-corrected chi connectivity index (χ3v) is 7.23. The highest BCUT2D eigenvalue weighted by molar-refractivity contribution is 7.19. The zero-order valence-electron chi connectivity index (χ0n) is 15.4. The molecule has 2 aromatic rings. The minimum Gasteiger partial charge on any atom is -0.474 e. The van der Waals surface area contributed by atoms with E-state index >= 15 is 0 Å². The molecule has 26 heavy (non-hydrogen) atoms. The number of primary amides is 1. The second-order valence-corrected chi connectivity index (χ2v) is 8.92. The van der Waals surface area contributed by atoms with E-state index in [0.717, 1.165) is 48.7 Å². The van der Waals surface area contributed by atoms with Crippen molar-refractivity contribution in [2.45, 2.75) is 69.4 Å². The van der Waals surface area contributed by atoms with Crippen LogP contribution in [0.3, 0.4) is 0 Å². The number of fused-ring (bicyclic) bond motifs is 3. The third kappa shape index (κ3) is 3.18. The van der Waals surface area contributed by atoms with Crippen LogP contribution in [-0.4, -0.2) is 34.6 Å². The summed E-state index contributed by atoms with van der Waals surface area (Å²) in [6.45, 7) is 2.27. The number of nitrogens with zero attached hydrogens (tertiary/aromatic N) is 2. The van der Waals surface area contributed by atoms with Crippen molar-refractivity contribution in [1.29, 1.82) is 0 Å². The number of aryl methyl sites for hydroxylation is 1. The minimum atomic E-state index is -0.250. The number of amides is 1. The van der Waals surface area contributed by atoms with Gasteiger partial charge in [0.25, 0.3) is 0 Å². The molecule has 1 fully saturated rings. The van der Waals surface area contributed by atoms with E-state index in [1.54, 1.807) is 17.7 Å². The molecule has 4 rings (SSSR count). The Morgan fingerprint density at radius 2 is 2.15 bits per heavy atom. The van der Waals surface area contributed by atoms with Crippen LogP contribution in [0, 0.1) is 0 Å². The third-order valence-electron chi connectivity index (χ3n) is 6.06. The van der Waals surface area contributed by atoms with Crippen molar-refractivity contribution < 1.29 is 9.53 Å². The molecule has 0 aliphatic heterocycles. The van der Waals surface area contributed by atoms with Gasteiger partial charge in [0, 0.05) is 16.8 Å². The largest absolute Gasteiger partial charge is 0.474 e. The van der Waals surface area contributed by atoms with Crippen molar-refractivity contribution in [2.24, 2.45) is 5.73 Å². The Bertz CT molecular complexity index is 826. The number of nitrogens with two attached hydrogens (primary N) is 1. The topological polar surface area (TPSA) is 90.1 Å². The van der Waals surface area contributed by atoms with E-state index in [2.05, 4.69) is 22.2 Å². The maximum Gasteiger partial charge on any atom is 0.225 e. The monoisotopic (exact) mass is 374 g/mol. The quantitative estimate of drug-likeness (QED) is 0.840. The molecule has 0 aromatic carbocycles. The maximum atomic E-state index is 11.5. The molecule has 2 aliphatic carbocycles. The Hall–Kier alpha value is -1.73. The number of rotatable bonds is 5. The van der Waals surface area contributed by atoms with Crippen LogP contribution in [0.5, 0.6) is 5.88 Å². The van der Waals surface area contributed by atoms with Crippen LogP contribution in [0.2, 0.25) is 0 Å². The van der Waals surface area contributed by atoms with Crippen molar-refractivity contribution in [2.75, 3.05) is 7.05 Å². The van der Waals surface area contributed by atoms with Gasteiger partial charge in [0.15, 0.2) is 0 Å². The number of carbonyl (C=O) groups excluding carboxylic acids is 1. The highest BCUT2D eigenvalue weighted by Gasteiger charge is 2.33. The van der Waals surface area contributed by atoms with Crippen molar-refractivity contribution in [3.8, 4) is 5.88 Å². The molecule has 7 heteroatoms. The first kappa shape index (κ1) is 17.7. The lowest BCUT2D eigenvalue weighted by molar-refractivity contribution is -0.118. The van der Waals surface area contributed by atoms with Crippen LogP contribution >= 0.6 is 11.3 Å². The Morgan fingerprint density at radius 1 is 1.38 bits per heavy atom. The molecule has 0 saturated heterocycles. The molecule has 1 amide bonds. The number of hydrogen-bond acceptors (Lipinski definition) is 6. The normalized spacial score (nSPS) is 28.2. The standard InChI is InChI=1S/C19H26N4O2S/c1-19(21-2)7-5-12(6-8-19)25-17-16-15-11(9-14(20)24)3-4-13(15)26-18(16)23-10-22-17/h10-12,21H,3-9H2,1-2H3,(H2,20,24). The molecule has 2 heterocycles. The lowest BCUT2D eigenvalue weighted by Gasteiger charge is -2.37. The number of thiophene rings is 1. The van der Waals surface area contributed by atoms with Crippen LogP contribution in [0.25, 0.3) is 10.2 Å². The van der Waals surface area contributed by atoms with Crippen LogP contribution < -0.4 is 15.8 Å². The summed E-state index contributed by atoms with van der Waals surface area (Å²) in [5, 5.41) is 4.44. The fourth-order valence-corrected chi connectivity index (χ4v) is 5.56. The second-order valence-electron chi connectivity index (χ2n) is 7.83. The van der Waals surface area contributed by atoms with Gasteiger partial charge in [-0.15, -0.1) is 11.3 Å². The Balaban J connectivity index is 1.61. The average molecular weight is 375 g/mol. The first-order chi connectivity index (χ1) is 12.5. The summed E-state index contributed by atoms with van der Waals surface area (Å²) in [6.07, 6.45) is 8.32. The van der Waals surface area contributed by atoms with Gasteiger partial charge < -0.3 is 15.8 Å². The van der Waals surface area contributed by atoms with Crippen LogP contribution in [0.4, 0.5) is 0 Å². The maximum absolute atomic E-state index is 11.5. The molecule has 0 bridgehead atoms. The Labute approximate surface area is 157 Å². The molecule has 140 valence electrons. The van der Waals surface area contributed by atoms with Crippen molar-refractivity contribution in [1.82, 2.24) is 15.3 Å². The van der Waals surface area contributed by atoms with Gasteiger partial charge in [0.05, 0.1) is 5.39 Å². The molecule has 1 unspecified atom stereocenters. The van der Waals surface area contributed by atoms with Gasteiger partial charge in [-0.2, -0.15) is 0 Å². The Morgan fingerprint density at radius 3 is 2.85 bits per heavy atom. The number of ether oxygens (including phenoxy) is 1. The Kier molecular flexibility index (Phi) is 4.61. The SMILES string of the molecule is CNC1(C)CCC(Oc2ncnc3sc4c(c23)C(CC(N)=O)CC4)CC1. The molecular formula is C19H26N4O2S. The molecule has 0 spiro atoms. The summed E-state index contributed by atoms with van der Waals surface area (Å²) >= 11 is 1.70. The van der Waals surface area contributed by atoms with Crippen molar-refractivity contribution >= 4 is 27.5 Å². The molecule has 1 saturated carbocycles.